The highest BCUT2D eigenvalue weighted by atomic mass is 16.5. The maximum absolute atomic E-state index is 5.20. The smallest absolute Gasteiger partial charge is 0.129 e. The molecule has 4 heteroatoms. The van der Waals surface area contributed by atoms with Crippen LogP contribution in [-0.2, 0) is 16.7 Å². The van der Waals surface area contributed by atoms with Crippen molar-refractivity contribution in [3.8, 4) is 0 Å². The summed E-state index contributed by atoms with van der Waals surface area (Å²) in [7, 11) is 3.68. The molecule has 0 aliphatic rings. The van der Waals surface area contributed by atoms with Crippen LogP contribution in [0.5, 0.6) is 0 Å². The summed E-state index contributed by atoms with van der Waals surface area (Å²) in [4.78, 5) is 7.05. The van der Waals surface area contributed by atoms with Crippen LogP contribution < -0.4 is 10.2 Å². The first kappa shape index (κ1) is 17.7. The summed E-state index contributed by atoms with van der Waals surface area (Å²) in [5.41, 5.74) is 2.38. The fourth-order valence-corrected chi connectivity index (χ4v) is 2.08. The van der Waals surface area contributed by atoms with Gasteiger partial charge in [0.2, 0.25) is 0 Å². The molecule has 0 amide bonds. The minimum atomic E-state index is 0.0274. The van der Waals surface area contributed by atoms with Gasteiger partial charge in [-0.05, 0) is 24.7 Å². The number of nitrogens with zero attached hydrogens (tertiary/aromatic N) is 2. The molecule has 21 heavy (non-hydrogen) atoms. The SMILES string of the molecule is C=CCN(CCOC)c1cc(CNC)cc(C(C)(C)C)n1. The van der Waals surface area contributed by atoms with E-state index in [0.29, 0.717) is 6.61 Å². The van der Waals surface area contributed by atoms with Crippen LogP contribution in [0.4, 0.5) is 5.82 Å². The first-order chi connectivity index (χ1) is 9.92. The third-order valence-corrected chi connectivity index (χ3v) is 3.26. The summed E-state index contributed by atoms with van der Waals surface area (Å²) < 4.78 is 5.20. The van der Waals surface area contributed by atoms with E-state index in [1.807, 2.05) is 13.1 Å². The molecule has 1 N–H and O–H groups in total. The number of hydrogen-bond acceptors (Lipinski definition) is 4. The Balaban J connectivity index is 3.17. The average molecular weight is 291 g/mol. The van der Waals surface area contributed by atoms with E-state index in [1.165, 1.54) is 5.56 Å². The van der Waals surface area contributed by atoms with Crippen molar-refractivity contribution >= 4 is 5.82 Å². The number of ether oxygens (including phenoxy) is 1. The molecular formula is C17H29N3O. The summed E-state index contributed by atoms with van der Waals surface area (Å²) in [6.07, 6.45) is 1.90. The van der Waals surface area contributed by atoms with Gasteiger partial charge in [-0.25, -0.2) is 4.98 Å². The Labute approximate surface area is 129 Å². The third kappa shape index (κ3) is 5.48. The molecular weight excluding hydrogens is 262 g/mol. The van der Waals surface area contributed by atoms with Crippen LogP contribution in [0.1, 0.15) is 32.0 Å². The molecule has 0 fully saturated rings. The Morgan fingerprint density at radius 3 is 2.62 bits per heavy atom. The van der Waals surface area contributed by atoms with E-state index in [9.17, 15) is 0 Å². The van der Waals surface area contributed by atoms with Crippen molar-refractivity contribution in [1.82, 2.24) is 10.3 Å². The number of nitrogens with one attached hydrogen (secondary N) is 1. The zero-order valence-corrected chi connectivity index (χ0v) is 14.1. The number of methoxy groups -OCH3 is 1. The zero-order valence-electron chi connectivity index (χ0n) is 14.1. The summed E-state index contributed by atoms with van der Waals surface area (Å²) in [6.45, 7) is 13.5. The van der Waals surface area contributed by atoms with Crippen LogP contribution in [0.25, 0.3) is 0 Å². The molecule has 0 aromatic carbocycles. The quantitative estimate of drug-likeness (QED) is 0.747. The van der Waals surface area contributed by atoms with Gasteiger partial charge in [0.15, 0.2) is 0 Å². The lowest BCUT2D eigenvalue weighted by Crippen LogP contribution is -2.29. The monoisotopic (exact) mass is 291 g/mol. The Kier molecular flexibility index (Phi) is 6.85. The molecule has 0 aliphatic heterocycles. The lowest BCUT2D eigenvalue weighted by atomic mass is 9.90. The van der Waals surface area contributed by atoms with Gasteiger partial charge < -0.3 is 15.0 Å². The van der Waals surface area contributed by atoms with E-state index < -0.39 is 0 Å². The standard InChI is InChI=1S/C17H29N3O/c1-7-8-20(9-10-21-6)16-12-14(13-18-5)11-15(19-16)17(2,3)4/h7,11-12,18H,1,8-10,13H2,2-6H3. The summed E-state index contributed by atoms with van der Waals surface area (Å²) in [6, 6.07) is 4.33. The maximum Gasteiger partial charge on any atom is 0.129 e. The molecule has 4 nitrogen and oxygen atoms in total. The van der Waals surface area contributed by atoms with Gasteiger partial charge in [0.25, 0.3) is 0 Å². The summed E-state index contributed by atoms with van der Waals surface area (Å²) >= 11 is 0. The summed E-state index contributed by atoms with van der Waals surface area (Å²) in [5, 5.41) is 3.21. The Morgan fingerprint density at radius 2 is 2.10 bits per heavy atom. The molecule has 0 atom stereocenters. The molecule has 0 saturated carbocycles. The van der Waals surface area contributed by atoms with Crippen LogP contribution in [0, 0.1) is 0 Å². The molecule has 0 radical (unpaired) electrons. The van der Waals surface area contributed by atoms with Gasteiger partial charge in [-0.3, -0.25) is 0 Å². The van der Waals surface area contributed by atoms with E-state index in [2.05, 4.69) is 49.7 Å². The molecule has 0 aliphatic carbocycles. The van der Waals surface area contributed by atoms with Crippen molar-refractivity contribution in [2.75, 3.05) is 38.8 Å². The van der Waals surface area contributed by atoms with E-state index in [1.54, 1.807) is 7.11 Å². The van der Waals surface area contributed by atoms with Crippen molar-refractivity contribution in [1.29, 1.82) is 0 Å². The van der Waals surface area contributed by atoms with E-state index in [-0.39, 0.29) is 5.41 Å². The normalized spacial score (nSPS) is 11.5. The molecule has 1 heterocycles. The van der Waals surface area contributed by atoms with Crippen molar-refractivity contribution < 1.29 is 4.74 Å². The van der Waals surface area contributed by atoms with Crippen LogP contribution in [-0.4, -0.2) is 38.8 Å². The zero-order chi connectivity index (χ0) is 15.9. The Morgan fingerprint density at radius 1 is 1.38 bits per heavy atom. The molecule has 118 valence electrons. The molecule has 0 unspecified atom stereocenters. The molecule has 1 aromatic heterocycles. The highest BCUT2D eigenvalue weighted by Gasteiger charge is 2.18. The van der Waals surface area contributed by atoms with E-state index in [0.717, 1.165) is 31.1 Å². The topological polar surface area (TPSA) is 37.4 Å². The lowest BCUT2D eigenvalue weighted by Gasteiger charge is -2.26. The lowest BCUT2D eigenvalue weighted by molar-refractivity contribution is 0.205. The van der Waals surface area contributed by atoms with Gasteiger partial charge in [-0.2, -0.15) is 0 Å². The minimum absolute atomic E-state index is 0.0274. The number of hydrogen-bond donors (Lipinski definition) is 1. The highest BCUT2D eigenvalue weighted by Crippen LogP contribution is 2.25. The van der Waals surface area contributed by atoms with E-state index in [4.69, 9.17) is 9.72 Å². The average Bonchev–Trinajstić information content (AvgIpc) is 2.42. The number of rotatable bonds is 8. The van der Waals surface area contributed by atoms with Crippen molar-refractivity contribution in [2.45, 2.75) is 32.7 Å². The molecule has 1 rings (SSSR count). The molecule has 0 spiro atoms. The predicted molar refractivity (Wildman–Crippen MR) is 90.0 cm³/mol. The third-order valence-electron chi connectivity index (χ3n) is 3.26. The number of anilines is 1. The van der Waals surface area contributed by atoms with Crippen LogP contribution >= 0.6 is 0 Å². The van der Waals surface area contributed by atoms with Gasteiger partial charge in [0, 0.05) is 37.9 Å². The molecule has 1 aromatic rings. The maximum atomic E-state index is 5.20. The fraction of sp³-hybridized carbons (Fsp3) is 0.588. The van der Waals surface area contributed by atoms with Gasteiger partial charge >= 0.3 is 0 Å². The first-order valence-electron chi connectivity index (χ1n) is 7.43. The first-order valence-corrected chi connectivity index (χ1v) is 7.43. The number of aromatic nitrogens is 1. The second-order valence-electron chi connectivity index (χ2n) is 6.23. The Hall–Kier alpha value is -1.39. The highest BCUT2D eigenvalue weighted by molar-refractivity contribution is 5.44. The van der Waals surface area contributed by atoms with Gasteiger partial charge in [-0.15, -0.1) is 6.58 Å². The Bertz CT molecular complexity index is 452. The van der Waals surface area contributed by atoms with Gasteiger partial charge in [0.1, 0.15) is 5.82 Å². The second-order valence-corrected chi connectivity index (χ2v) is 6.23. The van der Waals surface area contributed by atoms with E-state index >= 15 is 0 Å². The van der Waals surface area contributed by atoms with Crippen molar-refractivity contribution in [3.63, 3.8) is 0 Å². The van der Waals surface area contributed by atoms with Crippen molar-refractivity contribution in [2.24, 2.45) is 0 Å². The van der Waals surface area contributed by atoms with Crippen LogP contribution in [0.2, 0.25) is 0 Å². The number of pyridine rings is 1. The van der Waals surface area contributed by atoms with Crippen LogP contribution in [0.15, 0.2) is 24.8 Å². The van der Waals surface area contributed by atoms with Crippen molar-refractivity contribution in [3.05, 3.63) is 36.0 Å². The van der Waals surface area contributed by atoms with Crippen LogP contribution in [0.3, 0.4) is 0 Å². The second kappa shape index (κ2) is 8.15. The molecule has 0 saturated heterocycles. The predicted octanol–water partition coefficient (Wildman–Crippen LogP) is 2.74. The van der Waals surface area contributed by atoms with Gasteiger partial charge in [-0.1, -0.05) is 26.8 Å². The molecule has 0 bridgehead atoms. The minimum Gasteiger partial charge on any atom is -0.383 e. The largest absolute Gasteiger partial charge is 0.383 e. The van der Waals surface area contributed by atoms with Gasteiger partial charge in [0.05, 0.1) is 6.61 Å². The summed E-state index contributed by atoms with van der Waals surface area (Å²) in [5.74, 6) is 0.990. The fourth-order valence-electron chi connectivity index (χ4n) is 2.08.